The molecule has 0 radical (unpaired) electrons. The highest BCUT2D eigenvalue weighted by Crippen LogP contribution is 2.34. The van der Waals surface area contributed by atoms with Crippen LogP contribution in [0.25, 0.3) is 0 Å². The lowest BCUT2D eigenvalue weighted by Crippen LogP contribution is -2.51. The van der Waals surface area contributed by atoms with Crippen molar-refractivity contribution in [3.8, 4) is 0 Å². The number of benzene rings is 5. The van der Waals surface area contributed by atoms with E-state index < -0.39 is 9.52 Å². The maximum atomic E-state index is 4.38. The highest BCUT2D eigenvalue weighted by Gasteiger charge is 2.36. The Morgan fingerprint density at radius 3 is 1.45 bits per heavy atom. The fourth-order valence-electron chi connectivity index (χ4n) is 5.86. The second-order valence-electron chi connectivity index (χ2n) is 10.9. The minimum Gasteiger partial charge on any atom is -0.326 e. The zero-order valence-electron chi connectivity index (χ0n) is 25.4. The average Bonchev–Trinajstić information content (AvgIpc) is 3.65. The Morgan fingerprint density at radius 2 is 1.09 bits per heavy atom. The van der Waals surface area contributed by atoms with Crippen LogP contribution < -0.4 is 16.4 Å². The van der Waals surface area contributed by atoms with Gasteiger partial charge in [-0.15, -0.1) is 6.58 Å². The van der Waals surface area contributed by atoms with Gasteiger partial charge >= 0.3 is 0 Å². The van der Waals surface area contributed by atoms with Crippen LogP contribution in [0.1, 0.15) is 24.5 Å². The molecule has 216 valence electrons. The van der Waals surface area contributed by atoms with Crippen molar-refractivity contribution < 1.29 is 0 Å². The number of allylic oxidation sites excluding steroid dienone is 3. The maximum absolute atomic E-state index is 4.38. The van der Waals surface area contributed by atoms with Gasteiger partial charge in [-0.25, -0.2) is 4.98 Å². The van der Waals surface area contributed by atoms with Gasteiger partial charge in [-0.1, -0.05) is 192 Å². The molecule has 0 amide bonds. The number of hydrogen-bond acceptors (Lipinski definition) is 1. The average molecular weight is 587 g/mol. The number of nitrogens with zero attached hydrogens (tertiary/aromatic N) is 2. The number of imidazole rings is 1. The molecule has 0 saturated carbocycles. The Balaban J connectivity index is 0.000000181. The standard InChI is InChI=1S/C22H24N2Si.C18H15B/c1-3-4-11-19(2)25-22(24-17-16-23-18-24,20-12-7-5-8-13-20)21-14-9-6-10-15-21;1-4-10-16(11-5-1)19(17-12-6-2-7-13-17)18-14-8-3-9-15-18/h4-18H,2-3,25H2,1H3;1-15H. The van der Waals surface area contributed by atoms with Crippen LogP contribution in [0.5, 0.6) is 0 Å². The number of hydrogen-bond donors (Lipinski definition) is 0. The first-order chi connectivity index (χ1) is 21.7. The predicted octanol–water partition coefficient (Wildman–Crippen LogP) is 6.48. The first kappa shape index (κ1) is 30.5. The lowest BCUT2D eigenvalue weighted by atomic mass is 9.37. The van der Waals surface area contributed by atoms with Crippen molar-refractivity contribution in [2.24, 2.45) is 0 Å². The molecule has 4 heteroatoms. The maximum Gasteiger partial charge on any atom is 0.241 e. The molecule has 0 saturated heterocycles. The van der Waals surface area contributed by atoms with Crippen LogP contribution >= 0.6 is 0 Å². The molecular weight excluding hydrogens is 547 g/mol. The third kappa shape index (κ3) is 7.34. The van der Waals surface area contributed by atoms with Crippen molar-refractivity contribution in [2.45, 2.75) is 18.5 Å². The molecule has 6 rings (SSSR count). The molecule has 0 N–H and O–H groups in total. The van der Waals surface area contributed by atoms with Crippen LogP contribution in [0.3, 0.4) is 0 Å². The highest BCUT2D eigenvalue weighted by molar-refractivity contribution is 6.95. The first-order valence-electron chi connectivity index (χ1n) is 15.3. The lowest BCUT2D eigenvalue weighted by molar-refractivity contribution is 0.595. The predicted molar refractivity (Wildman–Crippen MR) is 192 cm³/mol. The molecule has 0 unspecified atom stereocenters. The Morgan fingerprint density at radius 1 is 0.682 bits per heavy atom. The third-order valence-corrected chi connectivity index (χ3v) is 10.3. The molecule has 0 spiro atoms. The number of rotatable bonds is 10. The summed E-state index contributed by atoms with van der Waals surface area (Å²) in [6.07, 6.45) is 11.3. The van der Waals surface area contributed by atoms with Gasteiger partial charge in [0.15, 0.2) is 0 Å². The van der Waals surface area contributed by atoms with Gasteiger partial charge in [0.25, 0.3) is 0 Å². The summed E-state index contributed by atoms with van der Waals surface area (Å²) in [5, 5.41) is 1.01. The molecule has 5 aromatic carbocycles. The Hall–Kier alpha value is -4.93. The Bertz CT molecular complexity index is 1570. The van der Waals surface area contributed by atoms with Crippen LogP contribution in [-0.4, -0.2) is 25.8 Å². The van der Waals surface area contributed by atoms with E-state index in [9.17, 15) is 0 Å². The van der Waals surface area contributed by atoms with E-state index in [2.05, 4.69) is 193 Å². The summed E-state index contributed by atoms with van der Waals surface area (Å²) >= 11 is 0. The molecule has 6 aromatic rings. The largest absolute Gasteiger partial charge is 0.326 e. The van der Waals surface area contributed by atoms with Crippen LogP contribution in [0.15, 0.2) is 194 Å². The van der Waals surface area contributed by atoms with Crippen molar-refractivity contribution >= 4 is 32.6 Å². The van der Waals surface area contributed by atoms with E-state index in [0.29, 0.717) is 6.71 Å². The van der Waals surface area contributed by atoms with E-state index in [0.717, 1.165) is 6.42 Å². The lowest BCUT2D eigenvalue weighted by Gasteiger charge is -2.37. The molecule has 2 nitrogen and oxygen atoms in total. The summed E-state index contributed by atoms with van der Waals surface area (Å²) in [5.74, 6) is 0. The topological polar surface area (TPSA) is 17.8 Å². The van der Waals surface area contributed by atoms with Gasteiger partial charge in [-0.05, 0) is 17.5 Å². The quantitative estimate of drug-likeness (QED) is 0.133. The molecule has 44 heavy (non-hydrogen) atoms. The fourth-order valence-corrected chi connectivity index (χ4v) is 8.05. The minimum atomic E-state index is -0.801. The fraction of sp³-hybridized carbons (Fsp3) is 0.0750. The van der Waals surface area contributed by atoms with Crippen molar-refractivity contribution in [1.82, 2.24) is 9.55 Å². The molecule has 0 aliphatic heterocycles. The van der Waals surface area contributed by atoms with Gasteiger partial charge in [0.1, 0.15) is 0 Å². The molecule has 0 atom stereocenters. The first-order valence-corrected chi connectivity index (χ1v) is 16.7. The van der Waals surface area contributed by atoms with Gasteiger partial charge in [0.2, 0.25) is 6.71 Å². The van der Waals surface area contributed by atoms with E-state index in [-0.39, 0.29) is 5.16 Å². The second kappa shape index (κ2) is 15.5. The monoisotopic (exact) mass is 586 g/mol. The molecule has 1 aromatic heterocycles. The van der Waals surface area contributed by atoms with Gasteiger partial charge in [-0.2, -0.15) is 0 Å². The Kier molecular flexibility index (Phi) is 10.8. The van der Waals surface area contributed by atoms with E-state index in [1.165, 1.54) is 32.7 Å². The van der Waals surface area contributed by atoms with Crippen molar-refractivity contribution in [3.05, 3.63) is 205 Å². The molecule has 0 bridgehead atoms. The Labute approximate surface area is 265 Å². The normalized spacial score (nSPS) is 11.3. The summed E-state index contributed by atoms with van der Waals surface area (Å²) < 4.78 is 2.26. The second-order valence-corrected chi connectivity index (χ2v) is 13.2. The van der Waals surface area contributed by atoms with Crippen LogP contribution in [-0.2, 0) is 5.16 Å². The van der Waals surface area contributed by atoms with E-state index in [1.807, 2.05) is 12.5 Å². The van der Waals surface area contributed by atoms with Gasteiger partial charge in [0, 0.05) is 12.4 Å². The van der Waals surface area contributed by atoms with Crippen molar-refractivity contribution in [1.29, 1.82) is 0 Å². The van der Waals surface area contributed by atoms with Gasteiger partial charge in [-0.3, -0.25) is 0 Å². The molecule has 0 fully saturated rings. The summed E-state index contributed by atoms with van der Waals surface area (Å²) in [6, 6.07) is 53.5. The number of aromatic nitrogens is 2. The van der Waals surface area contributed by atoms with E-state index >= 15 is 0 Å². The van der Waals surface area contributed by atoms with Crippen molar-refractivity contribution in [2.75, 3.05) is 0 Å². The highest BCUT2D eigenvalue weighted by atomic mass is 28.2. The van der Waals surface area contributed by atoms with Crippen LogP contribution in [0.4, 0.5) is 0 Å². The van der Waals surface area contributed by atoms with Gasteiger partial charge in [0.05, 0.1) is 21.0 Å². The summed E-state index contributed by atoms with van der Waals surface area (Å²) in [5.41, 5.74) is 6.58. The zero-order valence-corrected chi connectivity index (χ0v) is 26.8. The van der Waals surface area contributed by atoms with Gasteiger partial charge < -0.3 is 4.57 Å². The minimum absolute atomic E-state index is 0.228. The smallest absolute Gasteiger partial charge is 0.241 e. The summed E-state index contributed by atoms with van der Waals surface area (Å²) in [4.78, 5) is 4.35. The molecule has 0 aliphatic carbocycles. The van der Waals surface area contributed by atoms with E-state index in [1.54, 1.807) is 0 Å². The molecule has 1 heterocycles. The molecular formula is C40H39BN2Si. The zero-order chi connectivity index (χ0) is 30.5. The van der Waals surface area contributed by atoms with Crippen LogP contribution in [0, 0.1) is 0 Å². The van der Waals surface area contributed by atoms with E-state index in [4.69, 9.17) is 0 Å². The summed E-state index contributed by atoms with van der Waals surface area (Å²) in [6.45, 7) is 6.84. The third-order valence-electron chi connectivity index (χ3n) is 7.92. The molecule has 0 aliphatic rings. The van der Waals surface area contributed by atoms with Crippen LogP contribution in [0.2, 0.25) is 0 Å². The summed E-state index contributed by atoms with van der Waals surface area (Å²) in [7, 11) is -0.801. The van der Waals surface area contributed by atoms with Crippen molar-refractivity contribution in [3.63, 3.8) is 0 Å². The SMILES string of the molecule is C=C(C=CCC)[SiH2]C(c1ccccc1)(c1ccccc1)n1ccnc1.c1ccc(B(c2ccccc2)c2ccccc2)cc1.